The summed E-state index contributed by atoms with van der Waals surface area (Å²) in [5, 5.41) is 3.10. The SMILES string of the molecule is Cc1cc(C(=O)Nc2cccnc2C)cc(Cl)n1. The molecule has 0 saturated heterocycles. The van der Waals surface area contributed by atoms with Gasteiger partial charge in [-0.05, 0) is 38.1 Å². The van der Waals surface area contributed by atoms with Crippen molar-refractivity contribution in [1.29, 1.82) is 0 Å². The maximum absolute atomic E-state index is 12.0. The van der Waals surface area contributed by atoms with Gasteiger partial charge in [0.1, 0.15) is 5.15 Å². The molecule has 5 heteroatoms. The number of nitrogens with zero attached hydrogens (tertiary/aromatic N) is 2. The maximum Gasteiger partial charge on any atom is 0.255 e. The number of hydrogen-bond acceptors (Lipinski definition) is 3. The summed E-state index contributed by atoms with van der Waals surface area (Å²) in [6, 6.07) is 6.80. The summed E-state index contributed by atoms with van der Waals surface area (Å²) in [5.74, 6) is -0.224. The normalized spacial score (nSPS) is 10.2. The Morgan fingerprint density at radius 3 is 2.78 bits per heavy atom. The van der Waals surface area contributed by atoms with Crippen molar-refractivity contribution in [2.24, 2.45) is 0 Å². The molecular weight excluding hydrogens is 250 g/mol. The van der Waals surface area contributed by atoms with Crippen LogP contribution in [0.1, 0.15) is 21.7 Å². The first-order valence-electron chi connectivity index (χ1n) is 5.43. The van der Waals surface area contributed by atoms with Gasteiger partial charge in [-0.2, -0.15) is 0 Å². The number of amides is 1. The molecular formula is C13H12ClN3O. The van der Waals surface area contributed by atoms with Gasteiger partial charge in [0.05, 0.1) is 11.4 Å². The average molecular weight is 262 g/mol. The zero-order valence-corrected chi connectivity index (χ0v) is 10.8. The maximum atomic E-state index is 12.0. The van der Waals surface area contributed by atoms with Gasteiger partial charge in [-0.3, -0.25) is 9.78 Å². The van der Waals surface area contributed by atoms with Crippen molar-refractivity contribution in [3.63, 3.8) is 0 Å². The van der Waals surface area contributed by atoms with Crippen LogP contribution in [-0.4, -0.2) is 15.9 Å². The number of pyridine rings is 2. The minimum atomic E-state index is -0.224. The number of carbonyl (C=O) groups is 1. The average Bonchev–Trinajstić information content (AvgIpc) is 2.31. The largest absolute Gasteiger partial charge is 0.320 e. The number of anilines is 1. The molecule has 2 rings (SSSR count). The van der Waals surface area contributed by atoms with Gasteiger partial charge >= 0.3 is 0 Å². The highest BCUT2D eigenvalue weighted by molar-refractivity contribution is 6.29. The van der Waals surface area contributed by atoms with Gasteiger partial charge in [-0.1, -0.05) is 11.6 Å². The van der Waals surface area contributed by atoms with E-state index < -0.39 is 0 Å². The fourth-order valence-electron chi connectivity index (χ4n) is 1.57. The van der Waals surface area contributed by atoms with Crippen LogP contribution in [0.4, 0.5) is 5.69 Å². The number of carbonyl (C=O) groups excluding carboxylic acids is 1. The van der Waals surface area contributed by atoms with E-state index in [-0.39, 0.29) is 5.91 Å². The first-order valence-corrected chi connectivity index (χ1v) is 5.81. The number of hydrogen-bond donors (Lipinski definition) is 1. The highest BCUT2D eigenvalue weighted by atomic mass is 35.5. The fourth-order valence-corrected chi connectivity index (χ4v) is 1.82. The Hall–Kier alpha value is -1.94. The lowest BCUT2D eigenvalue weighted by atomic mass is 10.2. The minimum absolute atomic E-state index is 0.224. The molecule has 0 bridgehead atoms. The zero-order valence-electron chi connectivity index (χ0n) is 10.1. The van der Waals surface area contributed by atoms with Crippen molar-refractivity contribution >= 4 is 23.2 Å². The molecule has 0 saturated carbocycles. The molecule has 0 aliphatic rings. The molecule has 2 aromatic rings. The molecule has 18 heavy (non-hydrogen) atoms. The third-order valence-electron chi connectivity index (χ3n) is 2.44. The molecule has 0 radical (unpaired) electrons. The minimum Gasteiger partial charge on any atom is -0.320 e. The van der Waals surface area contributed by atoms with E-state index in [9.17, 15) is 4.79 Å². The van der Waals surface area contributed by atoms with Crippen LogP contribution < -0.4 is 5.32 Å². The molecule has 0 aliphatic carbocycles. The van der Waals surface area contributed by atoms with Crippen LogP contribution in [0.5, 0.6) is 0 Å². The monoisotopic (exact) mass is 261 g/mol. The quantitative estimate of drug-likeness (QED) is 0.846. The van der Waals surface area contributed by atoms with E-state index in [1.165, 1.54) is 6.07 Å². The lowest BCUT2D eigenvalue weighted by Gasteiger charge is -2.08. The first-order chi connectivity index (χ1) is 8.56. The van der Waals surface area contributed by atoms with E-state index in [2.05, 4.69) is 15.3 Å². The van der Waals surface area contributed by atoms with E-state index in [4.69, 9.17) is 11.6 Å². The van der Waals surface area contributed by atoms with Gasteiger partial charge in [-0.15, -0.1) is 0 Å². The standard InChI is InChI=1S/C13H12ClN3O/c1-8-6-10(7-12(14)16-8)13(18)17-11-4-3-5-15-9(11)2/h3-7H,1-2H3,(H,17,18). The summed E-state index contributed by atoms with van der Waals surface area (Å²) in [6.45, 7) is 3.62. The summed E-state index contributed by atoms with van der Waals surface area (Å²) in [6.07, 6.45) is 1.68. The summed E-state index contributed by atoms with van der Waals surface area (Å²) >= 11 is 5.82. The van der Waals surface area contributed by atoms with Crippen molar-refractivity contribution in [2.45, 2.75) is 13.8 Å². The summed E-state index contributed by atoms with van der Waals surface area (Å²) in [7, 11) is 0. The van der Waals surface area contributed by atoms with Crippen molar-refractivity contribution in [2.75, 3.05) is 5.32 Å². The molecule has 0 aromatic carbocycles. The Bertz CT molecular complexity index is 578. The predicted octanol–water partition coefficient (Wildman–Crippen LogP) is 3.00. The molecule has 0 atom stereocenters. The number of aromatic nitrogens is 2. The smallest absolute Gasteiger partial charge is 0.255 e. The molecule has 0 fully saturated rings. The van der Waals surface area contributed by atoms with Crippen LogP contribution in [-0.2, 0) is 0 Å². The van der Waals surface area contributed by atoms with Crippen LogP contribution in [0.25, 0.3) is 0 Å². The molecule has 0 aliphatic heterocycles. The van der Waals surface area contributed by atoms with Gasteiger partial charge < -0.3 is 5.32 Å². The van der Waals surface area contributed by atoms with Crippen molar-refractivity contribution in [1.82, 2.24) is 9.97 Å². The van der Waals surface area contributed by atoms with Gasteiger partial charge in [0.2, 0.25) is 0 Å². The van der Waals surface area contributed by atoms with Crippen molar-refractivity contribution in [3.8, 4) is 0 Å². The number of halogens is 1. The molecule has 1 amide bonds. The molecule has 92 valence electrons. The Labute approximate surface area is 110 Å². The summed E-state index contributed by atoms with van der Waals surface area (Å²) in [5.41, 5.74) is 2.64. The Morgan fingerprint density at radius 2 is 2.11 bits per heavy atom. The van der Waals surface area contributed by atoms with Crippen LogP contribution >= 0.6 is 11.6 Å². The number of rotatable bonds is 2. The Kier molecular flexibility index (Phi) is 3.58. The van der Waals surface area contributed by atoms with Crippen LogP contribution in [0.2, 0.25) is 5.15 Å². The Balaban J connectivity index is 2.25. The van der Waals surface area contributed by atoms with Gasteiger partial charge in [0.25, 0.3) is 5.91 Å². The summed E-state index contributed by atoms with van der Waals surface area (Å²) in [4.78, 5) is 20.2. The van der Waals surface area contributed by atoms with Gasteiger partial charge in [0, 0.05) is 17.5 Å². The Morgan fingerprint density at radius 1 is 1.33 bits per heavy atom. The van der Waals surface area contributed by atoms with E-state index in [0.717, 1.165) is 5.69 Å². The second-order valence-electron chi connectivity index (χ2n) is 3.91. The molecule has 4 nitrogen and oxygen atoms in total. The molecule has 2 heterocycles. The number of nitrogens with one attached hydrogen (secondary N) is 1. The van der Waals surface area contributed by atoms with Crippen LogP contribution in [0.3, 0.4) is 0 Å². The third kappa shape index (κ3) is 2.84. The fraction of sp³-hybridized carbons (Fsp3) is 0.154. The van der Waals surface area contributed by atoms with E-state index >= 15 is 0 Å². The molecule has 0 unspecified atom stereocenters. The van der Waals surface area contributed by atoms with Crippen LogP contribution in [0.15, 0.2) is 30.5 Å². The van der Waals surface area contributed by atoms with Crippen LogP contribution in [0, 0.1) is 13.8 Å². The zero-order chi connectivity index (χ0) is 13.1. The topological polar surface area (TPSA) is 54.9 Å². The van der Waals surface area contributed by atoms with Gasteiger partial charge in [0.15, 0.2) is 0 Å². The van der Waals surface area contributed by atoms with E-state index in [0.29, 0.717) is 22.1 Å². The summed E-state index contributed by atoms with van der Waals surface area (Å²) < 4.78 is 0. The predicted molar refractivity (Wildman–Crippen MR) is 70.9 cm³/mol. The van der Waals surface area contributed by atoms with Crippen molar-refractivity contribution < 1.29 is 4.79 Å². The van der Waals surface area contributed by atoms with E-state index in [1.54, 1.807) is 31.3 Å². The molecule has 0 spiro atoms. The lowest BCUT2D eigenvalue weighted by molar-refractivity contribution is 0.102. The number of aryl methyl sites for hydroxylation is 2. The van der Waals surface area contributed by atoms with E-state index in [1.807, 2.05) is 6.92 Å². The third-order valence-corrected chi connectivity index (χ3v) is 2.63. The highest BCUT2D eigenvalue weighted by Gasteiger charge is 2.09. The van der Waals surface area contributed by atoms with Gasteiger partial charge in [-0.25, -0.2) is 4.98 Å². The lowest BCUT2D eigenvalue weighted by Crippen LogP contribution is -2.13. The highest BCUT2D eigenvalue weighted by Crippen LogP contribution is 2.15. The first kappa shape index (κ1) is 12.5. The van der Waals surface area contributed by atoms with Crippen molar-refractivity contribution in [3.05, 3.63) is 52.6 Å². The molecule has 2 aromatic heterocycles. The second kappa shape index (κ2) is 5.14. The second-order valence-corrected chi connectivity index (χ2v) is 4.30. The molecule has 1 N–H and O–H groups in total.